The number of hydrogen-bond donors (Lipinski definition) is 1. The molecule has 2 aromatic carbocycles. The normalized spacial score (nSPS) is 10.3. The van der Waals surface area contributed by atoms with E-state index in [1.807, 2.05) is 38.1 Å². The molecule has 20 heavy (non-hydrogen) atoms. The number of benzene rings is 2. The predicted octanol–water partition coefficient (Wildman–Crippen LogP) is 4.13. The average Bonchev–Trinajstić information content (AvgIpc) is 2.44. The first kappa shape index (κ1) is 14.6. The van der Waals surface area contributed by atoms with Crippen LogP contribution < -0.4 is 4.90 Å². The quantitative estimate of drug-likeness (QED) is 0.917. The Morgan fingerprint density at radius 3 is 2.40 bits per heavy atom. The lowest BCUT2D eigenvalue weighted by Crippen LogP contribution is -2.30. The zero-order valence-electron chi connectivity index (χ0n) is 11.4. The first-order valence-corrected chi connectivity index (χ1v) is 7.19. The second-order valence-electron chi connectivity index (χ2n) is 4.55. The summed E-state index contributed by atoms with van der Waals surface area (Å²) in [6, 6.07) is 12.7. The van der Waals surface area contributed by atoms with Crippen LogP contribution >= 0.6 is 15.9 Å². The van der Waals surface area contributed by atoms with Gasteiger partial charge in [0.05, 0.1) is 4.47 Å². The molecular weight excluding hydrogens is 318 g/mol. The van der Waals surface area contributed by atoms with Crippen molar-refractivity contribution < 1.29 is 9.90 Å². The predicted molar refractivity (Wildman–Crippen MR) is 84.3 cm³/mol. The highest BCUT2D eigenvalue weighted by atomic mass is 79.9. The van der Waals surface area contributed by atoms with E-state index in [0.717, 1.165) is 11.3 Å². The standard InChI is InChI=1S/C16H16BrNO2/c1-3-18(13-7-4-11(2)5-8-13)16(20)12-6-9-14(17)15(19)10-12/h4-10,19H,3H2,1-2H3. The van der Waals surface area contributed by atoms with E-state index in [-0.39, 0.29) is 11.7 Å². The molecule has 0 fully saturated rings. The number of halogens is 1. The maximum atomic E-state index is 12.5. The lowest BCUT2D eigenvalue weighted by atomic mass is 10.1. The molecule has 0 aromatic heterocycles. The Kier molecular flexibility index (Phi) is 4.45. The summed E-state index contributed by atoms with van der Waals surface area (Å²) in [6.45, 7) is 4.50. The van der Waals surface area contributed by atoms with Crippen molar-refractivity contribution in [3.8, 4) is 5.75 Å². The van der Waals surface area contributed by atoms with Gasteiger partial charge in [-0.25, -0.2) is 0 Å². The number of carbonyl (C=O) groups is 1. The minimum Gasteiger partial charge on any atom is -0.507 e. The van der Waals surface area contributed by atoms with E-state index in [0.29, 0.717) is 16.6 Å². The molecule has 1 amide bonds. The maximum absolute atomic E-state index is 12.5. The number of amides is 1. The lowest BCUT2D eigenvalue weighted by molar-refractivity contribution is 0.0988. The summed E-state index contributed by atoms with van der Waals surface area (Å²) in [5.74, 6) is -0.0602. The van der Waals surface area contributed by atoms with Crippen LogP contribution in [0.3, 0.4) is 0 Å². The van der Waals surface area contributed by atoms with Gasteiger partial charge in [0.25, 0.3) is 5.91 Å². The summed E-state index contributed by atoms with van der Waals surface area (Å²) >= 11 is 3.21. The Morgan fingerprint density at radius 2 is 1.85 bits per heavy atom. The van der Waals surface area contributed by atoms with E-state index in [1.165, 1.54) is 6.07 Å². The third-order valence-electron chi connectivity index (χ3n) is 3.10. The van der Waals surface area contributed by atoms with Crippen LogP contribution in [0.15, 0.2) is 46.9 Å². The first-order chi connectivity index (χ1) is 9.52. The van der Waals surface area contributed by atoms with Crippen LogP contribution in [0.25, 0.3) is 0 Å². The third-order valence-corrected chi connectivity index (χ3v) is 3.77. The van der Waals surface area contributed by atoms with Crippen LogP contribution in [-0.2, 0) is 0 Å². The average molecular weight is 334 g/mol. The van der Waals surface area contributed by atoms with E-state index in [4.69, 9.17) is 0 Å². The smallest absolute Gasteiger partial charge is 0.258 e. The van der Waals surface area contributed by atoms with Crippen molar-refractivity contribution in [2.45, 2.75) is 13.8 Å². The largest absolute Gasteiger partial charge is 0.507 e. The van der Waals surface area contributed by atoms with Crippen LogP contribution in [0.1, 0.15) is 22.8 Å². The summed E-state index contributed by atoms with van der Waals surface area (Å²) in [4.78, 5) is 14.2. The molecule has 0 unspecified atom stereocenters. The number of phenols is 1. The van der Waals surface area contributed by atoms with Gasteiger partial charge in [-0.3, -0.25) is 4.79 Å². The Hall–Kier alpha value is -1.81. The highest BCUT2D eigenvalue weighted by Gasteiger charge is 2.17. The number of aromatic hydroxyl groups is 1. The van der Waals surface area contributed by atoms with Crippen molar-refractivity contribution in [2.24, 2.45) is 0 Å². The highest BCUT2D eigenvalue weighted by Crippen LogP contribution is 2.26. The van der Waals surface area contributed by atoms with E-state index in [2.05, 4.69) is 15.9 Å². The number of phenolic OH excluding ortho intramolecular Hbond substituents is 1. The van der Waals surface area contributed by atoms with E-state index in [9.17, 15) is 9.90 Å². The van der Waals surface area contributed by atoms with Crippen molar-refractivity contribution in [3.05, 3.63) is 58.1 Å². The van der Waals surface area contributed by atoms with Gasteiger partial charge in [0.1, 0.15) is 5.75 Å². The molecule has 0 heterocycles. The van der Waals surface area contributed by atoms with Crippen LogP contribution in [0, 0.1) is 6.92 Å². The third kappa shape index (κ3) is 3.02. The van der Waals surface area contributed by atoms with E-state index < -0.39 is 0 Å². The van der Waals surface area contributed by atoms with Crippen molar-refractivity contribution in [1.82, 2.24) is 0 Å². The van der Waals surface area contributed by atoms with Gasteiger partial charge < -0.3 is 10.0 Å². The minimum absolute atomic E-state index is 0.0656. The zero-order valence-corrected chi connectivity index (χ0v) is 13.0. The first-order valence-electron chi connectivity index (χ1n) is 6.40. The van der Waals surface area contributed by atoms with Gasteiger partial charge in [-0.2, -0.15) is 0 Å². The number of aryl methyl sites for hydroxylation is 1. The molecule has 3 nitrogen and oxygen atoms in total. The van der Waals surface area contributed by atoms with Crippen LogP contribution in [0.5, 0.6) is 5.75 Å². The fraction of sp³-hybridized carbons (Fsp3) is 0.188. The van der Waals surface area contributed by atoms with E-state index in [1.54, 1.807) is 17.0 Å². The Balaban J connectivity index is 2.33. The van der Waals surface area contributed by atoms with Gasteiger partial charge in [0.15, 0.2) is 0 Å². The second-order valence-corrected chi connectivity index (χ2v) is 5.41. The molecule has 0 aliphatic heterocycles. The van der Waals surface area contributed by atoms with Crippen molar-refractivity contribution in [1.29, 1.82) is 0 Å². The fourth-order valence-corrected chi connectivity index (χ4v) is 2.22. The SMILES string of the molecule is CCN(C(=O)c1ccc(Br)c(O)c1)c1ccc(C)cc1. The minimum atomic E-state index is -0.126. The molecule has 2 aromatic rings. The molecule has 0 atom stereocenters. The molecule has 0 aliphatic rings. The summed E-state index contributed by atoms with van der Waals surface area (Å²) in [6.07, 6.45) is 0. The van der Waals surface area contributed by atoms with Crippen LogP contribution in [0.4, 0.5) is 5.69 Å². The number of rotatable bonds is 3. The molecule has 104 valence electrons. The highest BCUT2D eigenvalue weighted by molar-refractivity contribution is 9.10. The molecule has 0 radical (unpaired) electrons. The summed E-state index contributed by atoms with van der Waals surface area (Å²) in [5.41, 5.74) is 2.47. The zero-order chi connectivity index (χ0) is 14.7. The van der Waals surface area contributed by atoms with Gasteiger partial charge in [0, 0.05) is 17.8 Å². The number of hydrogen-bond acceptors (Lipinski definition) is 2. The molecule has 0 spiro atoms. The van der Waals surface area contributed by atoms with Gasteiger partial charge in [-0.05, 0) is 60.1 Å². The van der Waals surface area contributed by atoms with Crippen LogP contribution in [-0.4, -0.2) is 17.6 Å². The van der Waals surface area contributed by atoms with Gasteiger partial charge in [-0.15, -0.1) is 0 Å². The van der Waals surface area contributed by atoms with Gasteiger partial charge in [0.2, 0.25) is 0 Å². The fourth-order valence-electron chi connectivity index (χ4n) is 1.97. The molecule has 0 bridgehead atoms. The second kappa shape index (κ2) is 6.09. The van der Waals surface area contributed by atoms with Crippen molar-refractivity contribution in [2.75, 3.05) is 11.4 Å². The molecule has 4 heteroatoms. The molecular formula is C16H16BrNO2. The van der Waals surface area contributed by atoms with Gasteiger partial charge in [-0.1, -0.05) is 17.7 Å². The lowest BCUT2D eigenvalue weighted by Gasteiger charge is -2.21. The molecule has 2 rings (SSSR count). The molecule has 1 N–H and O–H groups in total. The van der Waals surface area contributed by atoms with Gasteiger partial charge >= 0.3 is 0 Å². The van der Waals surface area contributed by atoms with Crippen molar-refractivity contribution >= 4 is 27.5 Å². The number of carbonyl (C=O) groups excluding carboxylic acids is 1. The molecule has 0 saturated carbocycles. The van der Waals surface area contributed by atoms with E-state index >= 15 is 0 Å². The number of anilines is 1. The summed E-state index contributed by atoms with van der Waals surface area (Å²) in [7, 11) is 0. The number of nitrogens with zero attached hydrogens (tertiary/aromatic N) is 1. The summed E-state index contributed by atoms with van der Waals surface area (Å²) < 4.78 is 0.576. The van der Waals surface area contributed by atoms with Crippen molar-refractivity contribution in [3.63, 3.8) is 0 Å². The Bertz CT molecular complexity index is 623. The topological polar surface area (TPSA) is 40.5 Å². The van der Waals surface area contributed by atoms with Crippen LogP contribution in [0.2, 0.25) is 0 Å². The molecule has 0 aliphatic carbocycles. The summed E-state index contributed by atoms with van der Waals surface area (Å²) in [5, 5.41) is 9.69. The maximum Gasteiger partial charge on any atom is 0.258 e. The molecule has 0 saturated heterocycles. The Labute approximate surface area is 127 Å². The Morgan fingerprint density at radius 1 is 1.20 bits per heavy atom. The monoisotopic (exact) mass is 333 g/mol.